The van der Waals surface area contributed by atoms with Gasteiger partial charge in [-0.2, -0.15) is 13.1 Å². The number of para-hydroxylation sites is 1. The van der Waals surface area contributed by atoms with Crippen LogP contribution in [0.5, 0.6) is 0 Å². The first kappa shape index (κ1) is 14.6. The van der Waals surface area contributed by atoms with E-state index < -0.39 is 16.3 Å². The normalized spacial score (nSPS) is 14.1. The predicted octanol–water partition coefficient (Wildman–Crippen LogP) is 0.735. The molecule has 0 radical (unpaired) electrons. The lowest BCUT2D eigenvalue weighted by Crippen LogP contribution is -2.40. The molecular weight excluding hydrogens is 282 g/mol. The second kappa shape index (κ2) is 6.10. The van der Waals surface area contributed by atoms with Crippen LogP contribution >= 0.6 is 0 Å². The average molecular weight is 299 g/mol. The Morgan fingerprint density at radius 3 is 3.00 bits per heavy atom. The van der Waals surface area contributed by atoms with Crippen LogP contribution < -0.4 is 14.8 Å². The number of nitrogens with one attached hydrogen (secondary N) is 3. The number of hydrogen-bond acceptors (Lipinski definition) is 5. The number of ether oxygens (including phenoxy) is 1. The number of carbonyl (C=O) groups excluding carboxylic acids is 1. The molecule has 0 aliphatic carbocycles. The van der Waals surface area contributed by atoms with Gasteiger partial charge in [-0.3, -0.25) is 0 Å². The van der Waals surface area contributed by atoms with Crippen LogP contribution in [0.3, 0.4) is 0 Å². The number of aryl methyl sites for hydroxylation is 1. The topological polar surface area (TPSA) is 96.5 Å². The van der Waals surface area contributed by atoms with Crippen molar-refractivity contribution in [1.29, 1.82) is 0 Å². The van der Waals surface area contributed by atoms with E-state index in [1.807, 2.05) is 18.2 Å². The summed E-state index contributed by atoms with van der Waals surface area (Å²) in [5, 5.41) is 3.27. The minimum Gasteiger partial charge on any atom is -0.452 e. The lowest BCUT2D eigenvalue weighted by Gasteiger charge is -2.21. The molecule has 0 aromatic heterocycles. The van der Waals surface area contributed by atoms with Gasteiger partial charge in [0.15, 0.2) is 0 Å². The van der Waals surface area contributed by atoms with E-state index in [-0.39, 0.29) is 6.54 Å². The maximum Gasteiger partial charge on any atom is 0.421 e. The smallest absolute Gasteiger partial charge is 0.421 e. The van der Waals surface area contributed by atoms with E-state index in [0.717, 1.165) is 37.7 Å². The van der Waals surface area contributed by atoms with Crippen LogP contribution in [0.4, 0.5) is 10.5 Å². The van der Waals surface area contributed by atoms with E-state index in [1.165, 1.54) is 5.56 Å². The molecular formula is C12H17N3O4S. The summed E-state index contributed by atoms with van der Waals surface area (Å²) in [5.74, 6) is 0. The highest BCUT2D eigenvalue weighted by Gasteiger charge is 2.16. The highest BCUT2D eigenvalue weighted by molar-refractivity contribution is 7.88. The first-order chi connectivity index (χ1) is 9.52. The van der Waals surface area contributed by atoms with Crippen LogP contribution in [0.1, 0.15) is 17.5 Å². The fourth-order valence-corrected chi connectivity index (χ4v) is 2.81. The van der Waals surface area contributed by atoms with E-state index >= 15 is 0 Å². The molecule has 1 aromatic rings. The number of amides is 1. The molecule has 2 rings (SSSR count). The van der Waals surface area contributed by atoms with Crippen molar-refractivity contribution in [3.05, 3.63) is 29.3 Å². The van der Waals surface area contributed by atoms with E-state index in [2.05, 4.69) is 14.8 Å². The molecule has 1 aliphatic heterocycles. The van der Waals surface area contributed by atoms with Gasteiger partial charge in [0.2, 0.25) is 0 Å². The summed E-state index contributed by atoms with van der Waals surface area (Å²) in [7, 11) is -2.82. The van der Waals surface area contributed by atoms with Gasteiger partial charge < -0.3 is 10.1 Å². The zero-order valence-corrected chi connectivity index (χ0v) is 11.9. The summed E-state index contributed by atoms with van der Waals surface area (Å²) >= 11 is 0. The quantitative estimate of drug-likeness (QED) is 0.762. The molecule has 1 amide bonds. The van der Waals surface area contributed by atoms with Crippen molar-refractivity contribution in [2.75, 3.05) is 19.0 Å². The Kier molecular flexibility index (Phi) is 4.46. The van der Waals surface area contributed by atoms with Crippen molar-refractivity contribution >= 4 is 22.0 Å². The number of benzene rings is 1. The highest BCUT2D eigenvalue weighted by Crippen LogP contribution is 2.25. The van der Waals surface area contributed by atoms with Crippen LogP contribution in [-0.2, 0) is 27.9 Å². The largest absolute Gasteiger partial charge is 0.452 e. The first-order valence-corrected chi connectivity index (χ1v) is 7.70. The highest BCUT2D eigenvalue weighted by atomic mass is 32.2. The van der Waals surface area contributed by atoms with E-state index in [1.54, 1.807) is 4.72 Å². The monoisotopic (exact) mass is 299 g/mol. The molecule has 0 bridgehead atoms. The van der Waals surface area contributed by atoms with Gasteiger partial charge in [-0.15, -0.1) is 0 Å². The molecule has 7 nitrogen and oxygen atoms in total. The van der Waals surface area contributed by atoms with E-state index in [0.29, 0.717) is 0 Å². The molecule has 3 N–H and O–H groups in total. The summed E-state index contributed by atoms with van der Waals surface area (Å²) in [6.07, 6.45) is 1.01. The summed E-state index contributed by atoms with van der Waals surface area (Å²) in [5.41, 5.74) is 2.99. The minimum atomic E-state index is -3.92. The van der Waals surface area contributed by atoms with Gasteiger partial charge >= 0.3 is 16.3 Å². The van der Waals surface area contributed by atoms with Crippen LogP contribution in [0.15, 0.2) is 18.2 Å². The number of fused-ring (bicyclic) bond motifs is 1. The van der Waals surface area contributed by atoms with Crippen LogP contribution in [0.25, 0.3) is 0 Å². The Morgan fingerprint density at radius 1 is 1.45 bits per heavy atom. The number of rotatable bonds is 4. The van der Waals surface area contributed by atoms with Gasteiger partial charge in [0.1, 0.15) is 0 Å². The van der Waals surface area contributed by atoms with Crippen molar-refractivity contribution in [1.82, 2.24) is 9.44 Å². The zero-order valence-electron chi connectivity index (χ0n) is 11.1. The third kappa shape index (κ3) is 3.61. The fraction of sp³-hybridized carbons (Fsp3) is 0.417. The lowest BCUT2D eigenvalue weighted by molar-refractivity contribution is 0.177. The predicted molar refractivity (Wildman–Crippen MR) is 74.6 cm³/mol. The number of carbonyl (C=O) groups is 1. The summed E-state index contributed by atoms with van der Waals surface area (Å²) in [6.45, 7) is 0.972. The first-order valence-electron chi connectivity index (χ1n) is 6.22. The molecule has 20 heavy (non-hydrogen) atoms. The average Bonchev–Trinajstić information content (AvgIpc) is 2.44. The van der Waals surface area contributed by atoms with Crippen molar-refractivity contribution in [3.63, 3.8) is 0 Å². The van der Waals surface area contributed by atoms with Gasteiger partial charge in [-0.1, -0.05) is 18.2 Å². The molecule has 0 spiro atoms. The third-order valence-corrected chi connectivity index (χ3v) is 3.98. The third-order valence-electron chi connectivity index (χ3n) is 3.02. The second-order valence-corrected chi connectivity index (χ2v) is 5.90. The maximum absolute atomic E-state index is 11.6. The molecule has 0 saturated heterocycles. The van der Waals surface area contributed by atoms with Gasteiger partial charge in [0.05, 0.1) is 7.11 Å². The molecule has 0 fully saturated rings. The van der Waals surface area contributed by atoms with Crippen LogP contribution in [0, 0.1) is 0 Å². The fourth-order valence-electron chi connectivity index (χ4n) is 2.09. The van der Waals surface area contributed by atoms with Crippen molar-refractivity contribution in [3.8, 4) is 0 Å². The van der Waals surface area contributed by atoms with Crippen molar-refractivity contribution in [2.24, 2.45) is 0 Å². The molecule has 0 atom stereocenters. The zero-order chi connectivity index (χ0) is 14.6. The standard InChI is InChI=1S/C12H17N3O4S/c1-19-12(16)15-20(17,18)14-8-10-5-2-4-9-6-3-7-13-11(9)10/h2,4-5,13-14H,3,6-8H2,1H3,(H,15,16). The SMILES string of the molecule is COC(=O)NS(=O)(=O)NCc1cccc2c1NCCC2. The van der Waals surface area contributed by atoms with Gasteiger partial charge in [-0.05, 0) is 24.0 Å². The summed E-state index contributed by atoms with van der Waals surface area (Å²) in [6, 6.07) is 5.76. The van der Waals surface area contributed by atoms with Crippen molar-refractivity contribution < 1.29 is 17.9 Å². The Bertz CT molecular complexity index is 601. The minimum absolute atomic E-state index is 0.0997. The lowest BCUT2D eigenvalue weighted by atomic mass is 9.99. The van der Waals surface area contributed by atoms with Gasteiger partial charge in [0, 0.05) is 18.8 Å². The Morgan fingerprint density at radius 2 is 2.25 bits per heavy atom. The van der Waals surface area contributed by atoms with Gasteiger partial charge in [0.25, 0.3) is 0 Å². The number of hydrogen-bond donors (Lipinski definition) is 3. The van der Waals surface area contributed by atoms with Crippen molar-refractivity contribution in [2.45, 2.75) is 19.4 Å². The second-order valence-electron chi connectivity index (χ2n) is 4.40. The van der Waals surface area contributed by atoms with Gasteiger partial charge in [-0.25, -0.2) is 9.52 Å². The molecule has 1 heterocycles. The molecule has 1 aliphatic rings. The Hall–Kier alpha value is -1.80. The molecule has 8 heteroatoms. The Balaban J connectivity index is 2.06. The van der Waals surface area contributed by atoms with E-state index in [4.69, 9.17) is 0 Å². The number of methoxy groups -OCH3 is 1. The molecule has 110 valence electrons. The molecule has 0 saturated carbocycles. The maximum atomic E-state index is 11.6. The van der Waals surface area contributed by atoms with Crippen LogP contribution in [-0.4, -0.2) is 28.2 Å². The summed E-state index contributed by atoms with van der Waals surface area (Å²) in [4.78, 5) is 10.9. The molecule has 1 aromatic carbocycles. The molecule has 0 unspecified atom stereocenters. The summed E-state index contributed by atoms with van der Waals surface area (Å²) < 4.78 is 31.5. The van der Waals surface area contributed by atoms with Crippen LogP contribution in [0.2, 0.25) is 0 Å². The number of anilines is 1. The van der Waals surface area contributed by atoms with E-state index in [9.17, 15) is 13.2 Å². The Labute approximate surface area is 117 Å².